The Morgan fingerprint density at radius 3 is 2.72 bits per heavy atom. The van der Waals surface area contributed by atoms with Gasteiger partial charge in [0.05, 0.1) is 5.25 Å². The van der Waals surface area contributed by atoms with E-state index in [1.54, 1.807) is 38.1 Å². The normalized spacial score (nSPS) is 11.7. The highest BCUT2D eigenvalue weighted by atomic mass is 32.2. The van der Waals surface area contributed by atoms with Gasteiger partial charge in [0.15, 0.2) is 0 Å². The van der Waals surface area contributed by atoms with Crippen LogP contribution in [0.3, 0.4) is 0 Å². The third-order valence-electron chi connectivity index (χ3n) is 2.35. The fraction of sp³-hybridized carbons (Fsp3) is 0.300. The maximum atomic E-state index is 11.7. The van der Waals surface area contributed by atoms with Gasteiger partial charge in [-0.3, -0.25) is 4.72 Å². The molecule has 0 bridgehead atoms. The first-order valence-electron chi connectivity index (χ1n) is 5.34. The van der Waals surface area contributed by atoms with Crippen molar-refractivity contribution in [1.29, 1.82) is 0 Å². The van der Waals surface area contributed by atoms with E-state index >= 15 is 0 Å². The van der Waals surface area contributed by atoms with Crippen LogP contribution in [0.5, 0.6) is 0 Å². The summed E-state index contributed by atoms with van der Waals surface area (Å²) in [6, 6.07) is 6.83. The molecular weight excluding hydrogens is 254 g/mol. The van der Waals surface area contributed by atoms with Gasteiger partial charge in [0.2, 0.25) is 15.8 Å². The van der Waals surface area contributed by atoms with Crippen LogP contribution in [-0.4, -0.2) is 34.3 Å². The topological polar surface area (TPSA) is 101 Å². The molecule has 1 aromatic heterocycles. The molecule has 0 fully saturated rings. The molecule has 0 aliphatic carbocycles. The molecule has 0 aliphatic rings. The van der Waals surface area contributed by atoms with Crippen LogP contribution in [0.15, 0.2) is 24.3 Å². The Labute approximate surface area is 105 Å². The van der Waals surface area contributed by atoms with Crippen molar-refractivity contribution in [2.45, 2.75) is 19.1 Å². The van der Waals surface area contributed by atoms with Crippen LogP contribution in [0.25, 0.3) is 11.4 Å². The number of H-pyrrole nitrogens is 1. The van der Waals surface area contributed by atoms with Gasteiger partial charge in [-0.05, 0) is 31.2 Å². The molecule has 0 atom stereocenters. The molecule has 8 heteroatoms. The van der Waals surface area contributed by atoms with Crippen molar-refractivity contribution in [3.63, 3.8) is 0 Å². The van der Waals surface area contributed by atoms with Crippen molar-refractivity contribution in [2.75, 3.05) is 4.72 Å². The van der Waals surface area contributed by atoms with Gasteiger partial charge in [-0.1, -0.05) is 12.1 Å². The number of hydrogen-bond donors (Lipinski definition) is 2. The summed E-state index contributed by atoms with van der Waals surface area (Å²) in [6.07, 6.45) is 0. The van der Waals surface area contributed by atoms with Crippen molar-refractivity contribution in [3.05, 3.63) is 24.3 Å². The van der Waals surface area contributed by atoms with Crippen LogP contribution < -0.4 is 4.72 Å². The lowest BCUT2D eigenvalue weighted by molar-refractivity contribution is 0.593. The fourth-order valence-corrected chi connectivity index (χ4v) is 1.98. The molecule has 18 heavy (non-hydrogen) atoms. The molecule has 2 aromatic rings. The van der Waals surface area contributed by atoms with Gasteiger partial charge in [-0.15, -0.1) is 10.2 Å². The van der Waals surface area contributed by atoms with Crippen LogP contribution >= 0.6 is 0 Å². The van der Waals surface area contributed by atoms with Gasteiger partial charge in [-0.2, -0.15) is 5.21 Å². The minimum atomic E-state index is -3.35. The van der Waals surface area contributed by atoms with Gasteiger partial charge in [0, 0.05) is 11.3 Å². The monoisotopic (exact) mass is 267 g/mol. The van der Waals surface area contributed by atoms with E-state index < -0.39 is 15.3 Å². The summed E-state index contributed by atoms with van der Waals surface area (Å²) in [4.78, 5) is 0. The van der Waals surface area contributed by atoms with Crippen LogP contribution in [0.2, 0.25) is 0 Å². The standard InChI is InChI=1S/C10H13N5O2S/c1-7(2)18(16,17)13-9-5-3-4-8(6-9)10-11-14-15-12-10/h3-7,13H,1-2H3,(H,11,12,14,15). The maximum absolute atomic E-state index is 11.7. The first kappa shape index (κ1) is 12.5. The highest BCUT2D eigenvalue weighted by molar-refractivity contribution is 7.93. The van der Waals surface area contributed by atoms with E-state index in [0.29, 0.717) is 17.1 Å². The van der Waals surface area contributed by atoms with E-state index in [0.717, 1.165) is 0 Å². The lowest BCUT2D eigenvalue weighted by atomic mass is 10.2. The summed E-state index contributed by atoms with van der Waals surface area (Å²) in [5, 5.41) is 13.0. The predicted octanol–water partition coefficient (Wildman–Crippen LogP) is 1.02. The molecular formula is C10H13N5O2S. The molecule has 0 amide bonds. The van der Waals surface area contributed by atoms with Gasteiger partial charge in [-0.25, -0.2) is 8.42 Å². The number of benzene rings is 1. The summed E-state index contributed by atoms with van der Waals surface area (Å²) in [6.45, 7) is 3.23. The van der Waals surface area contributed by atoms with Crippen molar-refractivity contribution in [2.24, 2.45) is 0 Å². The first-order valence-corrected chi connectivity index (χ1v) is 6.89. The first-order chi connectivity index (χ1) is 8.49. The molecule has 1 heterocycles. The number of sulfonamides is 1. The van der Waals surface area contributed by atoms with Crippen LogP contribution in [-0.2, 0) is 10.0 Å². The van der Waals surface area contributed by atoms with E-state index in [1.807, 2.05) is 0 Å². The molecule has 96 valence electrons. The third kappa shape index (κ3) is 2.65. The van der Waals surface area contributed by atoms with Gasteiger partial charge < -0.3 is 0 Å². The lowest BCUT2D eigenvalue weighted by Crippen LogP contribution is -2.22. The van der Waals surface area contributed by atoms with Crippen molar-refractivity contribution in [3.8, 4) is 11.4 Å². The van der Waals surface area contributed by atoms with Crippen molar-refractivity contribution >= 4 is 15.7 Å². The van der Waals surface area contributed by atoms with Crippen LogP contribution in [0.1, 0.15) is 13.8 Å². The molecule has 0 spiro atoms. The third-order valence-corrected chi connectivity index (χ3v) is 4.11. The predicted molar refractivity (Wildman–Crippen MR) is 67.3 cm³/mol. The zero-order valence-corrected chi connectivity index (χ0v) is 10.8. The van der Waals surface area contributed by atoms with Crippen molar-refractivity contribution < 1.29 is 8.42 Å². The van der Waals surface area contributed by atoms with Crippen LogP contribution in [0, 0.1) is 0 Å². The number of rotatable bonds is 4. The Morgan fingerprint density at radius 2 is 2.11 bits per heavy atom. The lowest BCUT2D eigenvalue weighted by Gasteiger charge is -2.10. The maximum Gasteiger partial charge on any atom is 0.235 e. The summed E-state index contributed by atoms with van der Waals surface area (Å²) in [5.74, 6) is 0.417. The quantitative estimate of drug-likeness (QED) is 0.861. The summed E-state index contributed by atoms with van der Waals surface area (Å²) < 4.78 is 26.0. The SMILES string of the molecule is CC(C)S(=O)(=O)Nc1cccc(-c2nn[nH]n2)c1. The average Bonchev–Trinajstić information content (AvgIpc) is 2.82. The smallest absolute Gasteiger partial charge is 0.235 e. The molecule has 2 rings (SSSR count). The van der Waals surface area contributed by atoms with Gasteiger partial charge in [0.1, 0.15) is 0 Å². The molecule has 0 saturated carbocycles. The Kier molecular flexibility index (Phi) is 3.28. The zero-order chi connectivity index (χ0) is 13.2. The number of anilines is 1. The highest BCUT2D eigenvalue weighted by Crippen LogP contribution is 2.19. The zero-order valence-electron chi connectivity index (χ0n) is 9.95. The second-order valence-electron chi connectivity index (χ2n) is 4.01. The Hall–Kier alpha value is -1.96. The van der Waals surface area contributed by atoms with E-state index in [1.165, 1.54) is 0 Å². The van der Waals surface area contributed by atoms with E-state index in [4.69, 9.17) is 0 Å². The van der Waals surface area contributed by atoms with E-state index in [9.17, 15) is 8.42 Å². The minimum absolute atomic E-state index is 0.417. The second-order valence-corrected chi connectivity index (χ2v) is 6.25. The molecule has 0 unspecified atom stereocenters. The molecule has 0 aliphatic heterocycles. The summed E-state index contributed by atoms with van der Waals surface area (Å²) >= 11 is 0. The fourth-order valence-electron chi connectivity index (χ4n) is 1.29. The number of hydrogen-bond acceptors (Lipinski definition) is 5. The Bertz CT molecular complexity index is 621. The van der Waals surface area contributed by atoms with Crippen LogP contribution in [0.4, 0.5) is 5.69 Å². The molecule has 7 nitrogen and oxygen atoms in total. The van der Waals surface area contributed by atoms with Gasteiger partial charge >= 0.3 is 0 Å². The van der Waals surface area contributed by atoms with Crippen molar-refractivity contribution in [1.82, 2.24) is 20.6 Å². The Balaban J connectivity index is 2.29. The Morgan fingerprint density at radius 1 is 1.33 bits per heavy atom. The molecule has 2 N–H and O–H groups in total. The molecule has 0 radical (unpaired) electrons. The molecule has 1 aromatic carbocycles. The average molecular weight is 267 g/mol. The second kappa shape index (κ2) is 4.73. The summed E-state index contributed by atoms with van der Waals surface area (Å²) in [5.41, 5.74) is 1.17. The molecule has 0 saturated heterocycles. The number of tetrazole rings is 1. The number of nitrogens with one attached hydrogen (secondary N) is 2. The number of nitrogens with zero attached hydrogens (tertiary/aromatic N) is 3. The van der Waals surface area contributed by atoms with E-state index in [-0.39, 0.29) is 0 Å². The van der Waals surface area contributed by atoms with Gasteiger partial charge in [0.25, 0.3) is 0 Å². The highest BCUT2D eigenvalue weighted by Gasteiger charge is 2.15. The van der Waals surface area contributed by atoms with E-state index in [2.05, 4.69) is 25.3 Å². The number of aromatic nitrogens is 4. The minimum Gasteiger partial charge on any atom is -0.283 e. The number of aromatic amines is 1. The largest absolute Gasteiger partial charge is 0.283 e. The summed E-state index contributed by atoms with van der Waals surface area (Å²) in [7, 11) is -3.35.